The van der Waals surface area contributed by atoms with Crippen LogP contribution in [0.15, 0.2) is 64.7 Å². The van der Waals surface area contributed by atoms with E-state index in [1.807, 2.05) is 54.8 Å². The minimum atomic E-state index is -0.313. The van der Waals surface area contributed by atoms with E-state index in [4.69, 9.17) is 4.74 Å². The zero-order chi connectivity index (χ0) is 19.0. The Morgan fingerprint density at radius 2 is 1.78 bits per heavy atom. The maximum Gasteiger partial charge on any atom is 0.336 e. The quantitative estimate of drug-likeness (QED) is 0.587. The van der Waals surface area contributed by atoms with Gasteiger partial charge in [0.15, 0.2) is 0 Å². The van der Waals surface area contributed by atoms with Crippen LogP contribution in [0.1, 0.15) is 30.4 Å². The summed E-state index contributed by atoms with van der Waals surface area (Å²) in [5, 5.41) is 0. The number of ether oxygens (including phenoxy) is 1. The SMILES string of the molecule is CCc1ccc(N2C(=O)CC(c3ccc(SC)cc3)C3=C2COC3=O)cc1. The summed E-state index contributed by atoms with van der Waals surface area (Å²) in [5.41, 5.74) is 4.28. The molecular weight excluding hydrogens is 358 g/mol. The summed E-state index contributed by atoms with van der Waals surface area (Å²) in [6.07, 6.45) is 3.23. The van der Waals surface area contributed by atoms with Crippen molar-refractivity contribution in [2.24, 2.45) is 0 Å². The van der Waals surface area contributed by atoms with Crippen LogP contribution >= 0.6 is 11.8 Å². The highest BCUT2D eigenvalue weighted by Gasteiger charge is 2.42. The summed E-state index contributed by atoms with van der Waals surface area (Å²) in [6, 6.07) is 16.0. The third-order valence-electron chi connectivity index (χ3n) is 5.24. The van der Waals surface area contributed by atoms with Crippen LogP contribution < -0.4 is 4.90 Å². The molecule has 1 atom stereocenters. The van der Waals surface area contributed by atoms with Crippen LogP contribution in [-0.4, -0.2) is 24.7 Å². The first-order chi connectivity index (χ1) is 13.1. The zero-order valence-electron chi connectivity index (χ0n) is 15.4. The lowest BCUT2D eigenvalue weighted by atomic mass is 9.84. The molecule has 0 radical (unpaired) electrons. The van der Waals surface area contributed by atoms with E-state index in [1.54, 1.807) is 16.7 Å². The van der Waals surface area contributed by atoms with Gasteiger partial charge in [-0.05, 0) is 48.1 Å². The molecule has 138 valence electrons. The Morgan fingerprint density at radius 1 is 1.07 bits per heavy atom. The van der Waals surface area contributed by atoms with Gasteiger partial charge in [-0.3, -0.25) is 9.69 Å². The molecule has 0 aromatic heterocycles. The lowest BCUT2D eigenvalue weighted by Crippen LogP contribution is -2.37. The maximum atomic E-state index is 13.0. The largest absolute Gasteiger partial charge is 0.456 e. The first kappa shape index (κ1) is 17.9. The third-order valence-corrected chi connectivity index (χ3v) is 5.98. The molecule has 2 aromatic carbocycles. The van der Waals surface area contributed by atoms with Gasteiger partial charge in [-0.25, -0.2) is 4.79 Å². The zero-order valence-corrected chi connectivity index (χ0v) is 16.2. The van der Waals surface area contributed by atoms with Gasteiger partial charge >= 0.3 is 5.97 Å². The van der Waals surface area contributed by atoms with Gasteiger partial charge in [0, 0.05) is 22.9 Å². The molecular formula is C22H21NO3S. The summed E-state index contributed by atoms with van der Waals surface area (Å²) < 4.78 is 5.33. The number of hydrogen-bond donors (Lipinski definition) is 0. The summed E-state index contributed by atoms with van der Waals surface area (Å²) in [5.74, 6) is -0.563. The second-order valence-electron chi connectivity index (χ2n) is 6.72. The number of esters is 1. The van der Waals surface area contributed by atoms with Gasteiger partial charge in [0.25, 0.3) is 0 Å². The van der Waals surface area contributed by atoms with Crippen molar-refractivity contribution in [1.29, 1.82) is 0 Å². The van der Waals surface area contributed by atoms with E-state index < -0.39 is 0 Å². The maximum absolute atomic E-state index is 13.0. The van der Waals surface area contributed by atoms with Crippen molar-refractivity contribution in [3.8, 4) is 0 Å². The number of anilines is 1. The van der Waals surface area contributed by atoms with Gasteiger partial charge in [0.05, 0.1) is 11.3 Å². The summed E-state index contributed by atoms with van der Waals surface area (Å²) in [7, 11) is 0. The number of thioether (sulfide) groups is 1. The molecule has 1 unspecified atom stereocenters. The topological polar surface area (TPSA) is 46.6 Å². The first-order valence-electron chi connectivity index (χ1n) is 9.08. The molecule has 4 nitrogen and oxygen atoms in total. The molecule has 2 heterocycles. The number of benzene rings is 2. The molecule has 0 spiro atoms. The van der Waals surface area contributed by atoms with Crippen LogP contribution in [0.5, 0.6) is 0 Å². The molecule has 4 rings (SSSR count). The lowest BCUT2D eigenvalue weighted by Gasteiger charge is -2.32. The van der Waals surface area contributed by atoms with E-state index >= 15 is 0 Å². The molecule has 1 amide bonds. The molecule has 0 fully saturated rings. The number of carbonyl (C=O) groups is 2. The Labute approximate surface area is 163 Å². The Bertz CT molecular complexity index is 916. The second-order valence-corrected chi connectivity index (χ2v) is 7.60. The lowest BCUT2D eigenvalue weighted by molar-refractivity contribution is -0.136. The van der Waals surface area contributed by atoms with Crippen molar-refractivity contribution < 1.29 is 14.3 Å². The van der Waals surface area contributed by atoms with Gasteiger partial charge in [-0.2, -0.15) is 0 Å². The minimum absolute atomic E-state index is 0.00441. The van der Waals surface area contributed by atoms with E-state index in [9.17, 15) is 9.59 Å². The first-order valence-corrected chi connectivity index (χ1v) is 10.3. The van der Waals surface area contributed by atoms with Gasteiger partial charge < -0.3 is 4.74 Å². The molecule has 27 heavy (non-hydrogen) atoms. The highest BCUT2D eigenvalue weighted by atomic mass is 32.2. The standard InChI is InChI=1S/C22H21NO3S/c1-3-14-4-8-16(9-5-14)23-19-13-26-22(25)21(19)18(12-20(23)24)15-6-10-17(27-2)11-7-15/h4-11,18H,3,12-13H2,1-2H3. The number of amides is 1. The van der Waals surface area contributed by atoms with Gasteiger partial charge in [0.2, 0.25) is 5.91 Å². The summed E-state index contributed by atoms with van der Waals surface area (Å²) >= 11 is 1.67. The number of cyclic esters (lactones) is 1. The van der Waals surface area contributed by atoms with Gasteiger partial charge in [-0.15, -0.1) is 11.8 Å². The Morgan fingerprint density at radius 3 is 2.41 bits per heavy atom. The van der Waals surface area contributed by atoms with Crippen molar-refractivity contribution in [3.05, 3.63) is 70.9 Å². The molecule has 2 aromatic rings. The predicted octanol–water partition coefficient (Wildman–Crippen LogP) is 4.30. The molecule has 0 aliphatic carbocycles. The fraction of sp³-hybridized carbons (Fsp3) is 0.273. The Kier molecular flexibility index (Phi) is 4.79. The number of aryl methyl sites for hydroxylation is 1. The monoisotopic (exact) mass is 379 g/mol. The van der Waals surface area contributed by atoms with Crippen LogP contribution in [-0.2, 0) is 20.7 Å². The highest BCUT2D eigenvalue weighted by molar-refractivity contribution is 7.98. The summed E-state index contributed by atoms with van der Waals surface area (Å²) in [6.45, 7) is 2.24. The van der Waals surface area contributed by atoms with Crippen molar-refractivity contribution in [3.63, 3.8) is 0 Å². The van der Waals surface area contributed by atoms with E-state index in [0.29, 0.717) is 11.3 Å². The van der Waals surface area contributed by atoms with Crippen LogP contribution in [0, 0.1) is 0 Å². The van der Waals surface area contributed by atoms with Crippen LogP contribution in [0.2, 0.25) is 0 Å². The Hall–Kier alpha value is -2.53. The van der Waals surface area contributed by atoms with Crippen LogP contribution in [0.4, 0.5) is 5.69 Å². The minimum Gasteiger partial charge on any atom is -0.456 e. The van der Waals surface area contributed by atoms with Crippen molar-refractivity contribution in [2.75, 3.05) is 17.8 Å². The van der Waals surface area contributed by atoms with E-state index in [1.165, 1.54) is 5.56 Å². The Balaban J connectivity index is 1.76. The number of hydrogen-bond acceptors (Lipinski definition) is 4. The number of carbonyl (C=O) groups excluding carboxylic acids is 2. The van der Waals surface area contributed by atoms with Crippen molar-refractivity contribution in [2.45, 2.75) is 30.6 Å². The molecule has 0 N–H and O–H groups in total. The second kappa shape index (κ2) is 7.24. The van der Waals surface area contributed by atoms with Crippen LogP contribution in [0.3, 0.4) is 0 Å². The van der Waals surface area contributed by atoms with E-state index in [-0.39, 0.29) is 30.8 Å². The predicted molar refractivity (Wildman–Crippen MR) is 107 cm³/mol. The normalized spacial score (nSPS) is 19.3. The van der Waals surface area contributed by atoms with Crippen LogP contribution in [0.25, 0.3) is 0 Å². The summed E-state index contributed by atoms with van der Waals surface area (Å²) in [4.78, 5) is 28.3. The van der Waals surface area contributed by atoms with Gasteiger partial charge in [0.1, 0.15) is 6.61 Å². The highest BCUT2D eigenvalue weighted by Crippen LogP contribution is 2.42. The number of nitrogens with zero attached hydrogens (tertiary/aromatic N) is 1. The molecule has 2 aliphatic rings. The van der Waals surface area contributed by atoms with E-state index in [2.05, 4.69) is 6.92 Å². The average Bonchev–Trinajstić information content (AvgIpc) is 3.09. The molecule has 0 saturated heterocycles. The smallest absolute Gasteiger partial charge is 0.336 e. The average molecular weight is 379 g/mol. The molecule has 0 saturated carbocycles. The van der Waals surface area contributed by atoms with Crippen molar-refractivity contribution in [1.82, 2.24) is 0 Å². The fourth-order valence-corrected chi connectivity index (χ4v) is 4.16. The third kappa shape index (κ3) is 3.16. The van der Waals surface area contributed by atoms with E-state index in [0.717, 1.165) is 22.6 Å². The van der Waals surface area contributed by atoms with Crippen molar-refractivity contribution >= 4 is 29.3 Å². The molecule has 2 aliphatic heterocycles. The van der Waals surface area contributed by atoms with Gasteiger partial charge in [-0.1, -0.05) is 31.2 Å². The molecule has 5 heteroatoms. The number of rotatable bonds is 4. The molecule has 0 bridgehead atoms. The fourth-order valence-electron chi connectivity index (χ4n) is 3.76.